The molecule has 0 saturated heterocycles. The molecule has 5 nitrogen and oxygen atoms in total. The topological polar surface area (TPSA) is 89.8 Å². The number of carbonyl (C=O) groups excluding carboxylic acids is 1. The Kier molecular flexibility index (Phi) is 50.0. The summed E-state index contributed by atoms with van der Waals surface area (Å²) in [6.07, 6.45) is 66.5. The quantitative estimate of drug-likeness (QED) is 0.0362. The van der Waals surface area contributed by atoms with Crippen molar-refractivity contribution in [1.29, 1.82) is 0 Å². The Hall–Kier alpha value is -1.43. The van der Waals surface area contributed by atoms with E-state index in [9.17, 15) is 20.1 Å². The molecular weight excluding hydrogens is 751 g/mol. The van der Waals surface area contributed by atoms with E-state index in [0.29, 0.717) is 6.42 Å². The van der Waals surface area contributed by atoms with Gasteiger partial charge in [-0.1, -0.05) is 269 Å². The molecule has 0 saturated carbocycles. The number of unbranched alkanes of at least 4 members (excludes halogenated alkanes) is 38. The van der Waals surface area contributed by atoms with Crippen LogP contribution in [0.15, 0.2) is 36.5 Å². The van der Waals surface area contributed by atoms with Crippen molar-refractivity contribution in [3.63, 3.8) is 0 Å². The zero-order valence-electron chi connectivity index (χ0n) is 41.1. The summed E-state index contributed by atoms with van der Waals surface area (Å²) in [4.78, 5) is 12.5. The summed E-state index contributed by atoms with van der Waals surface area (Å²) in [7, 11) is 0. The Morgan fingerprint density at radius 2 is 0.672 bits per heavy atom. The summed E-state index contributed by atoms with van der Waals surface area (Å²) in [5.41, 5.74) is 0. The number of nitrogens with one attached hydrogen (secondary N) is 1. The van der Waals surface area contributed by atoms with E-state index >= 15 is 0 Å². The SMILES string of the molecule is CCCCCCCCCCCCCC/C=C\CCCCCCCCCCCCCCCC(O)C(=O)NC(CO)C(O)/C=C/CC/C=C/CCCCCCCCCCCCCC. The molecule has 5 heteroatoms. The third-order valence-corrected chi connectivity index (χ3v) is 12.7. The van der Waals surface area contributed by atoms with Crippen LogP contribution in [0, 0.1) is 0 Å². The molecule has 0 aliphatic rings. The van der Waals surface area contributed by atoms with Crippen LogP contribution in [0.4, 0.5) is 0 Å². The fourth-order valence-corrected chi connectivity index (χ4v) is 8.43. The number of amides is 1. The van der Waals surface area contributed by atoms with Crippen LogP contribution in [0.1, 0.15) is 290 Å². The van der Waals surface area contributed by atoms with Gasteiger partial charge in [-0.25, -0.2) is 0 Å². The van der Waals surface area contributed by atoms with Crippen LogP contribution in [0.2, 0.25) is 0 Å². The van der Waals surface area contributed by atoms with E-state index in [0.717, 1.165) is 38.5 Å². The third kappa shape index (κ3) is 46.4. The Balaban J connectivity index is 3.58. The van der Waals surface area contributed by atoms with Gasteiger partial charge in [0.05, 0.1) is 18.8 Å². The van der Waals surface area contributed by atoms with Gasteiger partial charge in [-0.2, -0.15) is 0 Å². The van der Waals surface area contributed by atoms with Crippen molar-refractivity contribution in [1.82, 2.24) is 5.32 Å². The molecule has 61 heavy (non-hydrogen) atoms. The van der Waals surface area contributed by atoms with Gasteiger partial charge in [0.1, 0.15) is 6.10 Å². The number of rotatable bonds is 50. The first-order valence-corrected chi connectivity index (χ1v) is 27.3. The summed E-state index contributed by atoms with van der Waals surface area (Å²) in [5, 5.41) is 33.3. The van der Waals surface area contributed by atoms with Crippen molar-refractivity contribution in [2.24, 2.45) is 0 Å². The molecule has 0 aliphatic heterocycles. The summed E-state index contributed by atoms with van der Waals surface area (Å²) in [5.74, 6) is -0.510. The molecule has 0 spiro atoms. The van der Waals surface area contributed by atoms with Crippen LogP contribution in [0.3, 0.4) is 0 Å². The van der Waals surface area contributed by atoms with Gasteiger partial charge in [-0.3, -0.25) is 4.79 Å². The minimum atomic E-state index is -1.11. The van der Waals surface area contributed by atoms with E-state index in [-0.39, 0.29) is 6.61 Å². The Morgan fingerprint density at radius 3 is 1.00 bits per heavy atom. The Morgan fingerprint density at radius 1 is 0.393 bits per heavy atom. The molecule has 0 aromatic carbocycles. The molecule has 0 radical (unpaired) electrons. The van der Waals surface area contributed by atoms with E-state index in [1.807, 2.05) is 6.08 Å². The average molecular weight is 858 g/mol. The van der Waals surface area contributed by atoms with E-state index in [1.54, 1.807) is 6.08 Å². The van der Waals surface area contributed by atoms with Crippen molar-refractivity contribution in [3.05, 3.63) is 36.5 Å². The minimum absolute atomic E-state index is 0.375. The van der Waals surface area contributed by atoms with Gasteiger partial charge in [0.15, 0.2) is 0 Å². The van der Waals surface area contributed by atoms with Crippen LogP contribution in [0.5, 0.6) is 0 Å². The van der Waals surface area contributed by atoms with E-state index in [1.165, 1.54) is 231 Å². The molecule has 0 aromatic rings. The zero-order valence-corrected chi connectivity index (χ0v) is 41.1. The summed E-state index contributed by atoms with van der Waals surface area (Å²) in [6.45, 7) is 4.20. The Bertz CT molecular complexity index is 947. The summed E-state index contributed by atoms with van der Waals surface area (Å²) >= 11 is 0. The Labute approximate surface area is 381 Å². The highest BCUT2D eigenvalue weighted by Crippen LogP contribution is 2.17. The molecule has 0 aliphatic carbocycles. The first-order chi connectivity index (χ1) is 30.1. The van der Waals surface area contributed by atoms with Crippen molar-refractivity contribution in [2.45, 2.75) is 308 Å². The molecular formula is C56H107NO4. The van der Waals surface area contributed by atoms with Gasteiger partial charge >= 0.3 is 0 Å². The maximum absolute atomic E-state index is 12.5. The van der Waals surface area contributed by atoms with E-state index in [4.69, 9.17) is 0 Å². The van der Waals surface area contributed by atoms with Crippen molar-refractivity contribution in [2.75, 3.05) is 6.61 Å². The van der Waals surface area contributed by atoms with Gasteiger partial charge in [0.2, 0.25) is 5.91 Å². The van der Waals surface area contributed by atoms with Crippen LogP contribution in [-0.2, 0) is 4.79 Å². The van der Waals surface area contributed by atoms with Gasteiger partial charge < -0.3 is 20.6 Å². The molecule has 4 N–H and O–H groups in total. The second-order valence-electron chi connectivity index (χ2n) is 18.8. The first kappa shape index (κ1) is 59.6. The normalized spacial score (nSPS) is 13.6. The maximum atomic E-state index is 12.5. The fraction of sp³-hybridized carbons (Fsp3) is 0.875. The largest absolute Gasteiger partial charge is 0.394 e. The smallest absolute Gasteiger partial charge is 0.249 e. The molecule has 0 rings (SSSR count). The van der Waals surface area contributed by atoms with Crippen molar-refractivity contribution in [3.8, 4) is 0 Å². The lowest BCUT2D eigenvalue weighted by atomic mass is 10.0. The molecule has 0 fully saturated rings. The lowest BCUT2D eigenvalue weighted by Crippen LogP contribution is -2.48. The number of hydrogen-bond acceptors (Lipinski definition) is 4. The highest BCUT2D eigenvalue weighted by molar-refractivity contribution is 5.80. The summed E-state index contributed by atoms with van der Waals surface area (Å²) in [6, 6.07) is -0.814. The standard InChI is InChI=1S/C56H107NO4/c1-3-5-7-9-11-13-15-17-19-21-23-24-25-26-27-28-29-30-31-32-33-35-37-39-41-43-45-47-49-51-55(60)56(61)57-53(52-58)54(59)50-48-46-44-42-40-38-36-34-22-20-18-16-14-12-10-8-6-4-2/h26-27,40,42,48,50,53-55,58-60H,3-25,28-39,41,43-47,49,51-52H2,1-2H3,(H,57,61)/b27-26-,42-40+,50-48+. The maximum Gasteiger partial charge on any atom is 0.249 e. The fourth-order valence-electron chi connectivity index (χ4n) is 8.43. The lowest BCUT2D eigenvalue weighted by Gasteiger charge is -2.21. The predicted octanol–water partition coefficient (Wildman–Crippen LogP) is 16.7. The molecule has 0 aromatic heterocycles. The van der Waals surface area contributed by atoms with E-state index in [2.05, 4.69) is 43.5 Å². The van der Waals surface area contributed by atoms with Gasteiger partial charge in [0.25, 0.3) is 0 Å². The van der Waals surface area contributed by atoms with Crippen LogP contribution >= 0.6 is 0 Å². The highest BCUT2D eigenvalue weighted by atomic mass is 16.3. The molecule has 1 amide bonds. The summed E-state index contributed by atoms with van der Waals surface area (Å²) < 4.78 is 0. The molecule has 360 valence electrons. The van der Waals surface area contributed by atoms with Gasteiger partial charge in [0, 0.05) is 0 Å². The van der Waals surface area contributed by atoms with Crippen LogP contribution in [-0.4, -0.2) is 46.1 Å². The average Bonchev–Trinajstić information content (AvgIpc) is 3.26. The number of hydrogen-bond donors (Lipinski definition) is 4. The highest BCUT2D eigenvalue weighted by Gasteiger charge is 2.22. The van der Waals surface area contributed by atoms with Crippen LogP contribution in [0.25, 0.3) is 0 Å². The zero-order chi connectivity index (χ0) is 44.4. The van der Waals surface area contributed by atoms with Crippen molar-refractivity contribution >= 4 is 5.91 Å². The number of aliphatic hydroxyl groups excluding tert-OH is 3. The predicted molar refractivity (Wildman–Crippen MR) is 268 cm³/mol. The van der Waals surface area contributed by atoms with Crippen LogP contribution < -0.4 is 5.32 Å². The number of allylic oxidation sites excluding steroid dienone is 5. The van der Waals surface area contributed by atoms with Gasteiger partial charge in [-0.05, 0) is 57.8 Å². The molecule has 0 heterocycles. The second kappa shape index (κ2) is 51.2. The molecule has 3 atom stereocenters. The first-order valence-electron chi connectivity index (χ1n) is 27.3. The molecule has 0 bridgehead atoms. The minimum Gasteiger partial charge on any atom is -0.394 e. The molecule has 3 unspecified atom stereocenters. The number of aliphatic hydroxyl groups is 3. The number of carbonyl (C=O) groups is 1. The lowest BCUT2D eigenvalue weighted by molar-refractivity contribution is -0.131. The van der Waals surface area contributed by atoms with Crippen molar-refractivity contribution < 1.29 is 20.1 Å². The second-order valence-corrected chi connectivity index (χ2v) is 18.8. The van der Waals surface area contributed by atoms with E-state index < -0.39 is 24.2 Å². The third-order valence-electron chi connectivity index (χ3n) is 12.7. The van der Waals surface area contributed by atoms with Gasteiger partial charge in [-0.15, -0.1) is 0 Å². The monoisotopic (exact) mass is 858 g/mol.